The summed E-state index contributed by atoms with van der Waals surface area (Å²) in [6, 6.07) is 20.0. The molecule has 1 aliphatic carbocycles. The summed E-state index contributed by atoms with van der Waals surface area (Å²) in [6.07, 6.45) is 7.16. The molecule has 2 aromatic heterocycles. The van der Waals surface area contributed by atoms with Crippen molar-refractivity contribution in [1.29, 1.82) is 0 Å². The van der Waals surface area contributed by atoms with Crippen LogP contribution < -0.4 is 19.6 Å². The number of aryl methyl sites for hydroxylation is 1. The highest BCUT2D eigenvalue weighted by molar-refractivity contribution is 7.07. The summed E-state index contributed by atoms with van der Waals surface area (Å²) in [6.45, 7) is 0. The van der Waals surface area contributed by atoms with Crippen LogP contribution in [0.3, 0.4) is 0 Å². The number of aromatic nitrogens is 2. The van der Waals surface area contributed by atoms with Crippen LogP contribution in [0.1, 0.15) is 34.7 Å². The van der Waals surface area contributed by atoms with Crippen LogP contribution in [0.25, 0.3) is 11.8 Å². The third kappa shape index (κ3) is 3.26. The van der Waals surface area contributed by atoms with Crippen molar-refractivity contribution in [2.45, 2.75) is 18.9 Å². The molecule has 0 amide bonds. The first-order valence-corrected chi connectivity index (χ1v) is 11.7. The van der Waals surface area contributed by atoms with E-state index >= 15 is 0 Å². The summed E-state index contributed by atoms with van der Waals surface area (Å²) in [5.74, 6) is 0.775. The SMILES string of the molecule is COc1ccccc1[C@H]1C2=C(N=c3s/c(=C\c4cccnc4)c(=O)n31)c1ccccc1CC2. The van der Waals surface area contributed by atoms with Gasteiger partial charge in [0.05, 0.1) is 23.4 Å². The quantitative estimate of drug-likeness (QED) is 0.477. The van der Waals surface area contributed by atoms with Gasteiger partial charge >= 0.3 is 0 Å². The van der Waals surface area contributed by atoms with E-state index < -0.39 is 0 Å². The van der Waals surface area contributed by atoms with Gasteiger partial charge in [-0.25, -0.2) is 4.99 Å². The molecule has 0 N–H and O–H groups in total. The van der Waals surface area contributed by atoms with Crippen LogP contribution in [0.4, 0.5) is 0 Å². The summed E-state index contributed by atoms with van der Waals surface area (Å²) in [4.78, 5) is 23.7. The zero-order chi connectivity index (χ0) is 22.4. The smallest absolute Gasteiger partial charge is 0.271 e. The van der Waals surface area contributed by atoms with Gasteiger partial charge in [-0.1, -0.05) is 59.9 Å². The third-order valence-corrected chi connectivity index (χ3v) is 7.27. The summed E-state index contributed by atoms with van der Waals surface area (Å²) in [5, 5.41) is 0. The maximum absolute atomic E-state index is 13.7. The summed E-state index contributed by atoms with van der Waals surface area (Å²) >= 11 is 1.42. The first-order valence-electron chi connectivity index (χ1n) is 10.9. The lowest BCUT2D eigenvalue weighted by Gasteiger charge is -2.31. The first-order chi connectivity index (χ1) is 16.2. The van der Waals surface area contributed by atoms with E-state index in [0.29, 0.717) is 9.33 Å². The van der Waals surface area contributed by atoms with Crippen molar-refractivity contribution in [3.63, 3.8) is 0 Å². The molecule has 2 aromatic carbocycles. The number of pyridine rings is 1. The monoisotopic (exact) mass is 451 g/mol. The number of para-hydroxylation sites is 1. The lowest BCUT2D eigenvalue weighted by atomic mass is 9.83. The van der Waals surface area contributed by atoms with Crippen LogP contribution in [0.15, 0.2) is 88.4 Å². The second kappa shape index (κ2) is 7.98. The summed E-state index contributed by atoms with van der Waals surface area (Å²) < 4.78 is 8.22. The first kappa shape index (κ1) is 19.9. The molecule has 3 heterocycles. The molecule has 33 heavy (non-hydrogen) atoms. The number of methoxy groups -OCH3 is 1. The second-order valence-corrected chi connectivity index (χ2v) is 9.15. The van der Waals surface area contributed by atoms with Crippen LogP contribution in [0.2, 0.25) is 0 Å². The Morgan fingerprint density at radius 3 is 2.76 bits per heavy atom. The minimum absolute atomic E-state index is 0.0380. The van der Waals surface area contributed by atoms with Crippen LogP contribution in [0, 0.1) is 0 Å². The van der Waals surface area contributed by atoms with Gasteiger partial charge in [-0.15, -0.1) is 0 Å². The molecule has 6 heteroatoms. The molecule has 162 valence electrons. The zero-order valence-corrected chi connectivity index (χ0v) is 18.9. The van der Waals surface area contributed by atoms with E-state index in [1.54, 1.807) is 19.5 Å². The van der Waals surface area contributed by atoms with Gasteiger partial charge in [0, 0.05) is 23.5 Å². The van der Waals surface area contributed by atoms with Crippen molar-refractivity contribution in [2.24, 2.45) is 4.99 Å². The Morgan fingerprint density at radius 1 is 1.06 bits per heavy atom. The van der Waals surface area contributed by atoms with Crippen molar-refractivity contribution < 1.29 is 4.74 Å². The van der Waals surface area contributed by atoms with Crippen LogP contribution in [-0.4, -0.2) is 16.7 Å². The minimum atomic E-state index is -0.253. The molecule has 5 nitrogen and oxygen atoms in total. The third-order valence-electron chi connectivity index (χ3n) is 6.29. The summed E-state index contributed by atoms with van der Waals surface area (Å²) in [5.41, 5.74) is 6.45. The fourth-order valence-corrected chi connectivity index (χ4v) is 5.80. The number of allylic oxidation sites excluding steroid dienone is 1. The van der Waals surface area contributed by atoms with Gasteiger partial charge in [0.2, 0.25) is 0 Å². The molecule has 1 aliphatic heterocycles. The van der Waals surface area contributed by atoms with E-state index in [4.69, 9.17) is 9.73 Å². The maximum atomic E-state index is 13.7. The van der Waals surface area contributed by atoms with Crippen molar-refractivity contribution in [1.82, 2.24) is 9.55 Å². The zero-order valence-electron chi connectivity index (χ0n) is 18.1. The van der Waals surface area contributed by atoms with Crippen molar-refractivity contribution in [3.05, 3.63) is 121 Å². The average molecular weight is 452 g/mol. The van der Waals surface area contributed by atoms with Crippen molar-refractivity contribution in [3.8, 4) is 5.75 Å². The molecule has 0 saturated carbocycles. The van der Waals surface area contributed by atoms with Crippen LogP contribution in [0.5, 0.6) is 5.75 Å². The van der Waals surface area contributed by atoms with Crippen LogP contribution in [-0.2, 0) is 6.42 Å². The van der Waals surface area contributed by atoms with Gasteiger partial charge in [0.1, 0.15) is 5.75 Å². The molecule has 4 aromatic rings. The molecule has 1 atom stereocenters. The number of rotatable bonds is 3. The lowest BCUT2D eigenvalue weighted by molar-refractivity contribution is 0.402. The summed E-state index contributed by atoms with van der Waals surface area (Å²) in [7, 11) is 1.68. The molecule has 0 bridgehead atoms. The Morgan fingerprint density at radius 2 is 1.91 bits per heavy atom. The van der Waals surface area contributed by atoms with Gasteiger partial charge < -0.3 is 4.74 Å². The second-order valence-electron chi connectivity index (χ2n) is 8.14. The predicted molar refractivity (Wildman–Crippen MR) is 130 cm³/mol. The van der Waals surface area contributed by atoms with E-state index in [1.807, 2.05) is 41.0 Å². The van der Waals surface area contributed by atoms with E-state index in [9.17, 15) is 4.79 Å². The Kier molecular flexibility index (Phi) is 4.80. The Hall–Kier alpha value is -3.77. The maximum Gasteiger partial charge on any atom is 0.271 e. The Balaban J connectivity index is 1.66. The minimum Gasteiger partial charge on any atom is -0.496 e. The molecule has 0 radical (unpaired) electrons. The molecular weight excluding hydrogens is 430 g/mol. The van der Waals surface area contributed by atoms with Crippen molar-refractivity contribution in [2.75, 3.05) is 7.11 Å². The van der Waals surface area contributed by atoms with Crippen molar-refractivity contribution >= 4 is 23.1 Å². The van der Waals surface area contributed by atoms with E-state index in [-0.39, 0.29) is 11.6 Å². The van der Waals surface area contributed by atoms with Gasteiger partial charge in [-0.05, 0) is 47.8 Å². The topological polar surface area (TPSA) is 56.5 Å². The number of thiazole rings is 1. The molecule has 0 spiro atoms. The fourth-order valence-electron chi connectivity index (χ4n) is 4.80. The molecule has 0 saturated heterocycles. The standard InChI is InChI=1S/C27H21N3O2S/c1-32-22-11-5-4-10-20(22)25-21-13-12-18-8-2-3-9-19(18)24(21)29-27-30(25)26(31)23(33-27)15-17-7-6-14-28-16-17/h2-11,14-16,25H,12-13H2,1H3/b23-15-/t25-/m0/s1. The number of nitrogens with zero attached hydrogens (tertiary/aromatic N) is 3. The molecule has 0 unspecified atom stereocenters. The normalized spacial score (nSPS) is 17.1. The Labute approximate surface area is 194 Å². The highest BCUT2D eigenvalue weighted by atomic mass is 32.1. The number of ether oxygens (including phenoxy) is 1. The van der Waals surface area contributed by atoms with E-state index in [0.717, 1.165) is 41.0 Å². The van der Waals surface area contributed by atoms with Gasteiger partial charge in [0.15, 0.2) is 4.80 Å². The predicted octanol–water partition coefficient (Wildman–Crippen LogP) is 3.72. The van der Waals surface area contributed by atoms with Gasteiger partial charge in [-0.3, -0.25) is 14.3 Å². The fraction of sp³-hybridized carbons (Fsp3) is 0.148. The number of fused-ring (bicyclic) bond motifs is 3. The van der Waals surface area contributed by atoms with Gasteiger partial charge in [0.25, 0.3) is 5.56 Å². The largest absolute Gasteiger partial charge is 0.496 e. The number of hydrogen-bond acceptors (Lipinski definition) is 5. The molecule has 6 rings (SSSR count). The molecular formula is C27H21N3O2S. The van der Waals surface area contributed by atoms with E-state index in [2.05, 4.69) is 35.3 Å². The Bertz CT molecular complexity index is 1580. The number of benzene rings is 2. The lowest BCUT2D eigenvalue weighted by Crippen LogP contribution is -2.39. The van der Waals surface area contributed by atoms with Crippen LogP contribution >= 0.6 is 11.3 Å². The highest BCUT2D eigenvalue weighted by Crippen LogP contribution is 2.43. The molecule has 0 fully saturated rings. The van der Waals surface area contributed by atoms with Gasteiger partial charge in [-0.2, -0.15) is 0 Å². The highest BCUT2D eigenvalue weighted by Gasteiger charge is 2.33. The molecule has 2 aliphatic rings. The number of hydrogen-bond donors (Lipinski definition) is 0. The average Bonchev–Trinajstić information content (AvgIpc) is 3.17. The van der Waals surface area contributed by atoms with E-state index in [1.165, 1.54) is 22.5 Å².